The predicted molar refractivity (Wildman–Crippen MR) is 112 cm³/mol. The lowest BCUT2D eigenvalue weighted by molar-refractivity contribution is 0.103. The van der Waals surface area contributed by atoms with E-state index in [2.05, 4.69) is 9.80 Å². The number of rotatable bonds is 4. The van der Waals surface area contributed by atoms with Crippen LogP contribution in [-0.4, -0.2) is 91.3 Å². The van der Waals surface area contributed by atoms with Crippen molar-refractivity contribution in [1.29, 1.82) is 0 Å². The summed E-state index contributed by atoms with van der Waals surface area (Å²) >= 11 is 6.28. The second kappa shape index (κ2) is 8.29. The summed E-state index contributed by atoms with van der Waals surface area (Å²) in [5, 5.41) is 9.79. The molecule has 29 heavy (non-hydrogen) atoms. The van der Waals surface area contributed by atoms with Crippen molar-refractivity contribution in [1.82, 2.24) is 14.1 Å². The number of carboxylic acid groups (broad SMARTS) is 1. The van der Waals surface area contributed by atoms with Crippen molar-refractivity contribution in [2.45, 2.75) is 25.4 Å². The van der Waals surface area contributed by atoms with Crippen LogP contribution in [-0.2, 0) is 16.6 Å². The van der Waals surface area contributed by atoms with E-state index in [9.17, 15) is 13.2 Å². The molecule has 0 spiro atoms. The van der Waals surface area contributed by atoms with Gasteiger partial charge in [-0.25, -0.2) is 13.2 Å². The maximum atomic E-state index is 12.3. The van der Waals surface area contributed by atoms with Gasteiger partial charge < -0.3 is 14.9 Å². The molecule has 3 aliphatic rings. The molecule has 0 aliphatic carbocycles. The molecular weight excluding hydrogens is 416 g/mol. The lowest BCUT2D eigenvalue weighted by atomic mass is 10.1. The first-order valence-electron chi connectivity index (χ1n) is 10.1. The molecule has 3 fully saturated rings. The third kappa shape index (κ3) is 4.47. The van der Waals surface area contributed by atoms with Gasteiger partial charge in [-0.2, -0.15) is 4.31 Å². The minimum absolute atomic E-state index is 0.0217. The highest BCUT2D eigenvalue weighted by atomic mass is 35.5. The van der Waals surface area contributed by atoms with Crippen LogP contribution in [0.2, 0.25) is 5.02 Å². The average molecular weight is 443 g/mol. The first-order chi connectivity index (χ1) is 13.8. The zero-order valence-corrected chi connectivity index (χ0v) is 17.9. The number of piperazine rings is 1. The Kier molecular flexibility index (Phi) is 5.92. The highest BCUT2D eigenvalue weighted by Gasteiger charge is 2.38. The summed E-state index contributed by atoms with van der Waals surface area (Å²) in [5.74, 6) is 0.258. The van der Waals surface area contributed by atoms with Crippen molar-refractivity contribution in [3.8, 4) is 0 Å². The largest absolute Gasteiger partial charge is 0.465 e. The standard InChI is InChI=1S/C19H27ClN4O4S/c20-16-3-2-15(13-21-7-9-22(10-8-21)19(25)26)18(12-16)23-6-4-17(14-23)24-5-1-11-29(24,27)28/h2-3,12,17H,1,4-11,13-14H2,(H,25,26)/t17-/m1/s1. The average Bonchev–Trinajstić information content (AvgIpc) is 3.29. The summed E-state index contributed by atoms with van der Waals surface area (Å²) in [7, 11) is -3.11. The Balaban J connectivity index is 1.46. The van der Waals surface area contributed by atoms with Crippen molar-refractivity contribution >= 4 is 33.4 Å². The van der Waals surface area contributed by atoms with E-state index in [1.807, 2.05) is 18.2 Å². The van der Waals surface area contributed by atoms with Crippen LogP contribution in [0.5, 0.6) is 0 Å². The number of halogens is 1. The fourth-order valence-electron chi connectivity index (χ4n) is 4.57. The van der Waals surface area contributed by atoms with Gasteiger partial charge in [-0.3, -0.25) is 4.90 Å². The summed E-state index contributed by atoms with van der Waals surface area (Å²) in [6.07, 6.45) is 0.670. The van der Waals surface area contributed by atoms with E-state index in [1.165, 1.54) is 4.90 Å². The van der Waals surface area contributed by atoms with Gasteiger partial charge in [0.25, 0.3) is 0 Å². The van der Waals surface area contributed by atoms with Crippen LogP contribution in [0.4, 0.5) is 10.5 Å². The van der Waals surface area contributed by atoms with Crippen LogP contribution >= 0.6 is 11.6 Å². The van der Waals surface area contributed by atoms with E-state index in [0.717, 1.165) is 30.8 Å². The Bertz CT molecular complexity index is 873. The third-order valence-electron chi connectivity index (χ3n) is 6.13. The molecule has 3 heterocycles. The summed E-state index contributed by atoms with van der Waals surface area (Å²) in [5.41, 5.74) is 2.19. The van der Waals surface area contributed by atoms with Gasteiger partial charge in [-0.15, -0.1) is 0 Å². The molecule has 1 amide bonds. The molecule has 8 nitrogen and oxygen atoms in total. The molecule has 0 unspecified atom stereocenters. The Morgan fingerprint density at radius 3 is 2.55 bits per heavy atom. The van der Waals surface area contributed by atoms with E-state index < -0.39 is 16.1 Å². The summed E-state index contributed by atoms with van der Waals surface area (Å²) in [6, 6.07) is 5.90. The van der Waals surface area contributed by atoms with E-state index in [1.54, 1.807) is 4.31 Å². The fraction of sp³-hybridized carbons (Fsp3) is 0.632. The maximum absolute atomic E-state index is 12.3. The van der Waals surface area contributed by atoms with Crippen molar-refractivity contribution in [3.05, 3.63) is 28.8 Å². The number of hydrogen-bond donors (Lipinski definition) is 1. The molecule has 0 saturated carbocycles. The SMILES string of the molecule is O=C(O)N1CCN(Cc2ccc(Cl)cc2N2CC[C@@H](N3CCCS3(=O)=O)C2)CC1. The third-order valence-corrected chi connectivity index (χ3v) is 8.37. The number of sulfonamides is 1. The Hall–Kier alpha value is -1.55. The minimum atomic E-state index is -3.11. The lowest BCUT2D eigenvalue weighted by Crippen LogP contribution is -2.47. The molecule has 0 bridgehead atoms. The molecule has 1 aromatic carbocycles. The molecule has 3 saturated heterocycles. The van der Waals surface area contributed by atoms with Crippen molar-refractivity contribution < 1.29 is 18.3 Å². The monoisotopic (exact) mass is 442 g/mol. The van der Waals surface area contributed by atoms with Crippen LogP contribution in [0.25, 0.3) is 0 Å². The van der Waals surface area contributed by atoms with Crippen LogP contribution in [0.15, 0.2) is 18.2 Å². The van der Waals surface area contributed by atoms with E-state index in [0.29, 0.717) is 50.7 Å². The zero-order valence-electron chi connectivity index (χ0n) is 16.3. The first kappa shape index (κ1) is 20.7. The van der Waals surface area contributed by atoms with Crippen LogP contribution in [0.1, 0.15) is 18.4 Å². The predicted octanol–water partition coefficient (Wildman–Crippen LogP) is 1.75. The number of amides is 1. The summed E-state index contributed by atoms with van der Waals surface area (Å²) in [6.45, 7) is 5.25. The molecule has 0 aromatic heterocycles. The maximum Gasteiger partial charge on any atom is 0.407 e. The molecule has 0 radical (unpaired) electrons. The molecular formula is C19H27ClN4O4S. The van der Waals surface area contributed by atoms with E-state index >= 15 is 0 Å². The Labute approximate surface area is 176 Å². The molecule has 1 aromatic rings. The smallest absolute Gasteiger partial charge is 0.407 e. The number of nitrogens with zero attached hydrogens (tertiary/aromatic N) is 4. The van der Waals surface area contributed by atoms with Gasteiger partial charge in [0.1, 0.15) is 0 Å². The Morgan fingerprint density at radius 2 is 1.90 bits per heavy atom. The van der Waals surface area contributed by atoms with Crippen molar-refractivity contribution in [2.75, 3.05) is 56.5 Å². The quantitative estimate of drug-likeness (QED) is 0.764. The molecule has 3 aliphatic heterocycles. The van der Waals surface area contributed by atoms with Gasteiger partial charge in [-0.05, 0) is 30.5 Å². The highest BCUT2D eigenvalue weighted by molar-refractivity contribution is 7.89. The van der Waals surface area contributed by atoms with Gasteiger partial charge in [0, 0.05) is 69.1 Å². The number of benzene rings is 1. The van der Waals surface area contributed by atoms with E-state index in [4.69, 9.17) is 16.7 Å². The van der Waals surface area contributed by atoms with Gasteiger partial charge in [-0.1, -0.05) is 17.7 Å². The minimum Gasteiger partial charge on any atom is -0.465 e. The van der Waals surface area contributed by atoms with Gasteiger partial charge in [0.05, 0.1) is 5.75 Å². The second-order valence-corrected chi connectivity index (χ2v) is 10.5. The van der Waals surface area contributed by atoms with Crippen molar-refractivity contribution in [3.63, 3.8) is 0 Å². The number of hydrogen-bond acceptors (Lipinski definition) is 5. The van der Waals surface area contributed by atoms with Crippen molar-refractivity contribution in [2.24, 2.45) is 0 Å². The normalized spacial score (nSPS) is 25.6. The summed E-state index contributed by atoms with van der Waals surface area (Å²) < 4.78 is 26.3. The van der Waals surface area contributed by atoms with Gasteiger partial charge in [0.2, 0.25) is 10.0 Å². The number of anilines is 1. The Morgan fingerprint density at radius 1 is 1.14 bits per heavy atom. The fourth-order valence-corrected chi connectivity index (χ4v) is 6.50. The van der Waals surface area contributed by atoms with Gasteiger partial charge >= 0.3 is 6.09 Å². The second-order valence-electron chi connectivity index (χ2n) is 7.99. The lowest BCUT2D eigenvalue weighted by Gasteiger charge is -2.34. The molecule has 1 atom stereocenters. The van der Waals surface area contributed by atoms with Crippen LogP contribution in [0, 0.1) is 0 Å². The van der Waals surface area contributed by atoms with Crippen LogP contribution in [0.3, 0.4) is 0 Å². The molecule has 160 valence electrons. The highest BCUT2D eigenvalue weighted by Crippen LogP contribution is 2.32. The summed E-state index contributed by atoms with van der Waals surface area (Å²) in [4.78, 5) is 17.1. The van der Waals surface area contributed by atoms with E-state index in [-0.39, 0.29) is 11.8 Å². The first-order valence-corrected chi connectivity index (χ1v) is 12.1. The zero-order chi connectivity index (χ0) is 20.6. The van der Waals surface area contributed by atoms with Crippen LogP contribution < -0.4 is 4.90 Å². The van der Waals surface area contributed by atoms with Gasteiger partial charge in [0.15, 0.2) is 0 Å². The molecule has 4 rings (SSSR count). The molecule has 1 N–H and O–H groups in total. The topological polar surface area (TPSA) is 84.4 Å². The molecule has 10 heteroatoms. The number of carbonyl (C=O) groups is 1.